The second-order valence-corrected chi connectivity index (χ2v) is 8.17. The van der Waals surface area contributed by atoms with Crippen LogP contribution in [0.2, 0.25) is 0 Å². The van der Waals surface area contributed by atoms with E-state index in [0.29, 0.717) is 11.5 Å². The monoisotopic (exact) mass is 434 g/mol. The standard InChI is InChI=1S/C29H22O4/c1-31-22-14-12-19(13-15-22)27-23-16-25-26(33-18-32-25)17-24(23)29(30,21-10-6-3-7-11-21)28(27)20-8-4-2-5-9-20/h2-17,30H,18H2,1H3. The molecule has 2 aliphatic rings. The molecule has 0 radical (unpaired) electrons. The van der Waals surface area contributed by atoms with Crippen LogP contribution in [0, 0.1) is 0 Å². The zero-order valence-corrected chi connectivity index (χ0v) is 18.1. The van der Waals surface area contributed by atoms with Crippen molar-refractivity contribution in [2.75, 3.05) is 13.9 Å². The summed E-state index contributed by atoms with van der Waals surface area (Å²) in [6.07, 6.45) is 0. The number of aliphatic hydroxyl groups is 1. The van der Waals surface area contributed by atoms with E-state index in [1.54, 1.807) is 7.11 Å². The molecule has 0 saturated heterocycles. The van der Waals surface area contributed by atoms with Gasteiger partial charge in [-0.2, -0.15) is 0 Å². The van der Waals surface area contributed by atoms with Gasteiger partial charge in [0.25, 0.3) is 0 Å². The molecule has 162 valence electrons. The molecule has 4 aromatic carbocycles. The van der Waals surface area contributed by atoms with E-state index in [1.165, 1.54) is 0 Å². The van der Waals surface area contributed by atoms with Gasteiger partial charge < -0.3 is 19.3 Å². The lowest BCUT2D eigenvalue weighted by molar-refractivity contribution is 0.147. The third kappa shape index (κ3) is 2.95. The molecular weight excluding hydrogens is 412 g/mol. The van der Waals surface area contributed by atoms with Crippen LogP contribution in [-0.4, -0.2) is 19.0 Å². The molecule has 0 spiro atoms. The maximum absolute atomic E-state index is 12.6. The molecule has 4 aromatic rings. The molecule has 33 heavy (non-hydrogen) atoms. The zero-order valence-electron chi connectivity index (χ0n) is 18.1. The highest BCUT2D eigenvalue weighted by atomic mass is 16.7. The Hall–Kier alpha value is -4.02. The maximum Gasteiger partial charge on any atom is 0.231 e. The van der Waals surface area contributed by atoms with Crippen molar-refractivity contribution >= 4 is 11.1 Å². The Morgan fingerprint density at radius 3 is 2.06 bits per heavy atom. The third-order valence-corrected chi connectivity index (χ3v) is 6.42. The largest absolute Gasteiger partial charge is 0.497 e. The molecule has 1 atom stereocenters. The highest BCUT2D eigenvalue weighted by Gasteiger charge is 2.47. The Morgan fingerprint density at radius 2 is 1.39 bits per heavy atom. The first-order chi connectivity index (χ1) is 16.2. The molecule has 0 bridgehead atoms. The Kier molecular flexibility index (Phi) is 4.49. The van der Waals surface area contributed by atoms with Crippen molar-refractivity contribution in [3.05, 3.63) is 125 Å². The summed E-state index contributed by atoms with van der Waals surface area (Å²) in [6.45, 7) is 0.176. The number of hydrogen-bond acceptors (Lipinski definition) is 4. The van der Waals surface area contributed by atoms with Crippen molar-refractivity contribution in [2.24, 2.45) is 0 Å². The molecule has 0 saturated carbocycles. The first-order valence-electron chi connectivity index (χ1n) is 10.9. The van der Waals surface area contributed by atoms with Crippen molar-refractivity contribution in [1.82, 2.24) is 0 Å². The van der Waals surface area contributed by atoms with Gasteiger partial charge in [-0.25, -0.2) is 0 Å². The molecule has 1 heterocycles. The topological polar surface area (TPSA) is 47.9 Å². The van der Waals surface area contributed by atoms with E-state index < -0.39 is 5.60 Å². The molecule has 0 aromatic heterocycles. The quantitative estimate of drug-likeness (QED) is 0.452. The van der Waals surface area contributed by atoms with E-state index in [9.17, 15) is 5.11 Å². The highest BCUT2D eigenvalue weighted by molar-refractivity contribution is 6.08. The predicted octanol–water partition coefficient (Wildman–Crippen LogP) is 5.63. The van der Waals surface area contributed by atoms with Crippen LogP contribution < -0.4 is 14.2 Å². The van der Waals surface area contributed by atoms with Crippen molar-refractivity contribution in [2.45, 2.75) is 5.60 Å². The second-order valence-electron chi connectivity index (χ2n) is 8.17. The van der Waals surface area contributed by atoms with Gasteiger partial charge in [0.2, 0.25) is 6.79 Å². The highest BCUT2D eigenvalue weighted by Crippen LogP contribution is 2.57. The van der Waals surface area contributed by atoms with Crippen molar-refractivity contribution in [1.29, 1.82) is 0 Å². The number of fused-ring (bicyclic) bond motifs is 2. The van der Waals surface area contributed by atoms with Gasteiger partial charge in [0.15, 0.2) is 11.5 Å². The van der Waals surface area contributed by atoms with Gasteiger partial charge in [-0.3, -0.25) is 0 Å². The van der Waals surface area contributed by atoms with E-state index >= 15 is 0 Å². The second kappa shape index (κ2) is 7.54. The molecule has 1 unspecified atom stereocenters. The predicted molar refractivity (Wildman–Crippen MR) is 127 cm³/mol. The van der Waals surface area contributed by atoms with Gasteiger partial charge in [-0.05, 0) is 52.1 Å². The fourth-order valence-electron chi connectivity index (χ4n) is 4.89. The molecule has 1 aliphatic heterocycles. The summed E-state index contributed by atoms with van der Waals surface area (Å²) >= 11 is 0. The average Bonchev–Trinajstić information content (AvgIpc) is 3.44. The summed E-state index contributed by atoms with van der Waals surface area (Å²) in [4.78, 5) is 0. The molecular formula is C29H22O4. The molecule has 0 amide bonds. The van der Waals surface area contributed by atoms with Gasteiger partial charge in [-0.15, -0.1) is 0 Å². The van der Waals surface area contributed by atoms with Crippen molar-refractivity contribution < 1.29 is 19.3 Å². The minimum atomic E-state index is -1.37. The van der Waals surface area contributed by atoms with E-state index in [-0.39, 0.29) is 6.79 Å². The summed E-state index contributed by atoms with van der Waals surface area (Å²) < 4.78 is 16.8. The molecule has 4 nitrogen and oxygen atoms in total. The fraction of sp³-hybridized carbons (Fsp3) is 0.103. The minimum absolute atomic E-state index is 0.176. The Labute approximate surface area is 192 Å². The van der Waals surface area contributed by atoms with Crippen LogP contribution in [0.4, 0.5) is 0 Å². The summed E-state index contributed by atoms with van der Waals surface area (Å²) in [5.74, 6) is 2.11. The van der Waals surface area contributed by atoms with E-state index in [1.807, 2.05) is 97.1 Å². The van der Waals surface area contributed by atoms with Crippen LogP contribution in [0.1, 0.15) is 27.8 Å². The molecule has 4 heteroatoms. The van der Waals surface area contributed by atoms with Gasteiger partial charge >= 0.3 is 0 Å². The Morgan fingerprint density at radius 1 is 0.758 bits per heavy atom. The van der Waals surface area contributed by atoms with Crippen molar-refractivity contribution in [3.63, 3.8) is 0 Å². The minimum Gasteiger partial charge on any atom is -0.497 e. The summed E-state index contributed by atoms with van der Waals surface area (Å²) in [5, 5.41) is 12.6. The maximum atomic E-state index is 12.6. The number of hydrogen-bond donors (Lipinski definition) is 1. The van der Waals surface area contributed by atoms with Crippen LogP contribution in [0.3, 0.4) is 0 Å². The normalized spacial score (nSPS) is 18.4. The Balaban J connectivity index is 1.72. The van der Waals surface area contributed by atoms with E-state index in [2.05, 4.69) is 0 Å². The lowest BCUT2D eigenvalue weighted by atomic mass is 9.80. The molecule has 0 fully saturated rings. The fourth-order valence-corrected chi connectivity index (χ4v) is 4.89. The van der Waals surface area contributed by atoms with Gasteiger partial charge in [-0.1, -0.05) is 72.8 Å². The van der Waals surface area contributed by atoms with Gasteiger partial charge in [0.05, 0.1) is 7.11 Å². The summed E-state index contributed by atoms with van der Waals surface area (Å²) in [6, 6.07) is 31.7. The summed E-state index contributed by atoms with van der Waals surface area (Å²) in [5.41, 5.74) is 4.87. The lowest BCUT2D eigenvalue weighted by Gasteiger charge is -2.29. The van der Waals surface area contributed by atoms with Crippen molar-refractivity contribution in [3.8, 4) is 17.2 Å². The smallest absolute Gasteiger partial charge is 0.231 e. The Bertz CT molecular complexity index is 1360. The van der Waals surface area contributed by atoms with Crippen LogP contribution in [0.25, 0.3) is 11.1 Å². The number of ether oxygens (including phenoxy) is 3. The average molecular weight is 434 g/mol. The molecule has 6 rings (SSSR count). The molecule has 1 aliphatic carbocycles. The number of benzene rings is 4. The third-order valence-electron chi connectivity index (χ3n) is 6.42. The summed E-state index contributed by atoms with van der Waals surface area (Å²) in [7, 11) is 1.66. The number of rotatable bonds is 4. The lowest BCUT2D eigenvalue weighted by Crippen LogP contribution is -2.27. The van der Waals surface area contributed by atoms with Crippen LogP contribution in [0.15, 0.2) is 97.1 Å². The number of methoxy groups -OCH3 is 1. The van der Waals surface area contributed by atoms with Crippen LogP contribution >= 0.6 is 0 Å². The van der Waals surface area contributed by atoms with E-state index in [4.69, 9.17) is 14.2 Å². The van der Waals surface area contributed by atoms with Gasteiger partial charge in [0, 0.05) is 11.1 Å². The first kappa shape index (κ1) is 19.6. The molecule has 1 N–H and O–H groups in total. The SMILES string of the molecule is COc1ccc(C2=C(c3ccccc3)C(O)(c3ccccc3)c3cc4c(cc32)OCO4)cc1. The first-order valence-corrected chi connectivity index (χ1v) is 10.9. The van der Waals surface area contributed by atoms with Gasteiger partial charge in [0.1, 0.15) is 11.4 Å². The van der Waals surface area contributed by atoms with Crippen LogP contribution in [0.5, 0.6) is 17.2 Å². The van der Waals surface area contributed by atoms with Crippen LogP contribution in [-0.2, 0) is 5.60 Å². The zero-order chi connectivity index (χ0) is 22.4. The van der Waals surface area contributed by atoms with E-state index in [0.717, 1.165) is 44.7 Å².